The molecule has 0 saturated carbocycles. The number of benzene rings is 2. The number of aryl methyl sites for hydroxylation is 1. The summed E-state index contributed by atoms with van der Waals surface area (Å²) in [7, 11) is 0. The maximum atomic E-state index is 13.1. The molecule has 2 aromatic heterocycles. The second kappa shape index (κ2) is 10.1. The monoisotopic (exact) mass is 462 g/mol. The molecule has 0 radical (unpaired) electrons. The summed E-state index contributed by atoms with van der Waals surface area (Å²) < 4.78 is 6.98. The van der Waals surface area contributed by atoms with E-state index in [0.717, 1.165) is 15.1 Å². The van der Waals surface area contributed by atoms with Gasteiger partial charge in [-0.15, -0.1) is 11.3 Å². The van der Waals surface area contributed by atoms with Crippen LogP contribution < -0.4 is 15.7 Å². The fraction of sp³-hybridized carbons (Fsp3) is 0.167. The van der Waals surface area contributed by atoms with Gasteiger partial charge in [0.1, 0.15) is 12.4 Å². The Labute approximate surface area is 194 Å². The van der Waals surface area contributed by atoms with Crippen molar-refractivity contribution in [3.05, 3.63) is 92.7 Å². The zero-order valence-electron chi connectivity index (χ0n) is 18.1. The number of oxime groups is 1. The van der Waals surface area contributed by atoms with Crippen LogP contribution in [0.25, 0.3) is 10.9 Å². The first-order chi connectivity index (χ1) is 16.0. The maximum Gasteiger partial charge on any atom is 0.280 e. The van der Waals surface area contributed by atoms with Gasteiger partial charge in [0.25, 0.3) is 11.5 Å². The van der Waals surface area contributed by atoms with Gasteiger partial charge in [0.2, 0.25) is 0 Å². The molecule has 4 aromatic rings. The van der Waals surface area contributed by atoms with Crippen LogP contribution in [0, 0.1) is 6.92 Å². The molecule has 1 N–H and O–H groups in total. The highest BCUT2D eigenvalue weighted by Crippen LogP contribution is 2.18. The van der Waals surface area contributed by atoms with Crippen LogP contribution in [0.3, 0.4) is 0 Å². The molecule has 0 aliphatic heterocycles. The van der Waals surface area contributed by atoms with Crippen LogP contribution in [0.15, 0.2) is 76.0 Å². The number of amides is 1. The molecule has 2 heterocycles. The number of thiophene rings is 1. The summed E-state index contributed by atoms with van der Waals surface area (Å²) in [6, 6.07) is 18.3. The van der Waals surface area contributed by atoms with E-state index in [9.17, 15) is 9.59 Å². The summed E-state index contributed by atoms with van der Waals surface area (Å²) in [6.45, 7) is 3.35. The minimum atomic E-state index is -0.547. The Hall–Kier alpha value is -3.98. The predicted octanol–water partition coefficient (Wildman–Crippen LogP) is 3.86. The second-order valence-corrected chi connectivity index (χ2v) is 8.15. The number of rotatable bonds is 8. The smallest absolute Gasteiger partial charge is 0.280 e. The fourth-order valence-corrected chi connectivity index (χ4v) is 3.79. The molecule has 0 atom stereocenters. The molecular formula is C24H22N4O4S. The highest BCUT2D eigenvalue weighted by atomic mass is 32.1. The maximum absolute atomic E-state index is 13.1. The van der Waals surface area contributed by atoms with Crippen LogP contribution in [0.2, 0.25) is 0 Å². The zero-order valence-corrected chi connectivity index (χ0v) is 19.0. The molecule has 0 bridgehead atoms. The lowest BCUT2D eigenvalue weighted by Crippen LogP contribution is -2.38. The van der Waals surface area contributed by atoms with E-state index in [2.05, 4.69) is 15.6 Å². The van der Waals surface area contributed by atoms with Gasteiger partial charge in [0.15, 0.2) is 12.4 Å². The molecule has 0 saturated heterocycles. The Bertz CT molecular complexity index is 1360. The van der Waals surface area contributed by atoms with Crippen molar-refractivity contribution < 1.29 is 14.4 Å². The van der Waals surface area contributed by atoms with Gasteiger partial charge in [-0.1, -0.05) is 41.6 Å². The molecule has 0 fully saturated rings. The number of hydrogen-bond acceptors (Lipinski definition) is 7. The van der Waals surface area contributed by atoms with E-state index in [4.69, 9.17) is 9.57 Å². The number of para-hydroxylation sites is 2. The summed E-state index contributed by atoms with van der Waals surface area (Å²) in [4.78, 5) is 36.3. The number of aromatic nitrogens is 2. The van der Waals surface area contributed by atoms with Crippen LogP contribution in [0.1, 0.15) is 23.2 Å². The molecule has 8 nitrogen and oxygen atoms in total. The third-order valence-corrected chi connectivity index (χ3v) is 5.79. The minimum Gasteiger partial charge on any atom is -0.485 e. The summed E-state index contributed by atoms with van der Waals surface area (Å²) >= 11 is 1.52. The van der Waals surface area contributed by atoms with E-state index >= 15 is 0 Å². The molecule has 168 valence electrons. The van der Waals surface area contributed by atoms with Crippen molar-refractivity contribution in [3.63, 3.8) is 0 Å². The van der Waals surface area contributed by atoms with Crippen molar-refractivity contribution in [1.29, 1.82) is 0 Å². The second-order valence-electron chi connectivity index (χ2n) is 7.20. The first-order valence-electron chi connectivity index (χ1n) is 10.2. The van der Waals surface area contributed by atoms with Crippen molar-refractivity contribution in [1.82, 2.24) is 9.66 Å². The third kappa shape index (κ3) is 5.27. The largest absolute Gasteiger partial charge is 0.485 e. The predicted molar refractivity (Wildman–Crippen MR) is 128 cm³/mol. The van der Waals surface area contributed by atoms with Gasteiger partial charge >= 0.3 is 0 Å². The Kier molecular flexibility index (Phi) is 6.80. The van der Waals surface area contributed by atoms with Gasteiger partial charge in [-0.2, -0.15) is 4.68 Å². The first-order valence-corrected chi connectivity index (χ1v) is 11.1. The SMILES string of the molecule is C/C(=N/OCC(=O)Nn1c(COc2ccccc2C)nc2ccccc2c1=O)c1cccs1. The number of nitrogens with one attached hydrogen (secondary N) is 1. The van der Waals surface area contributed by atoms with Crippen LogP contribution >= 0.6 is 11.3 Å². The van der Waals surface area contributed by atoms with Crippen molar-refractivity contribution in [3.8, 4) is 5.75 Å². The van der Waals surface area contributed by atoms with Gasteiger partial charge in [0, 0.05) is 0 Å². The Morgan fingerprint density at radius 2 is 1.91 bits per heavy atom. The van der Waals surface area contributed by atoms with Gasteiger partial charge in [-0.25, -0.2) is 4.98 Å². The van der Waals surface area contributed by atoms with E-state index in [1.807, 2.05) is 48.7 Å². The van der Waals surface area contributed by atoms with Crippen molar-refractivity contribution in [2.24, 2.45) is 5.16 Å². The van der Waals surface area contributed by atoms with Gasteiger partial charge in [0.05, 0.1) is 21.5 Å². The average Bonchev–Trinajstić information content (AvgIpc) is 3.36. The number of hydrogen-bond donors (Lipinski definition) is 1. The number of fused-ring (bicyclic) bond motifs is 1. The highest BCUT2D eigenvalue weighted by Gasteiger charge is 2.15. The Morgan fingerprint density at radius 3 is 2.70 bits per heavy atom. The molecule has 9 heteroatoms. The Morgan fingerprint density at radius 1 is 1.12 bits per heavy atom. The molecule has 0 spiro atoms. The lowest BCUT2D eigenvalue weighted by atomic mass is 10.2. The quantitative estimate of drug-likeness (QED) is 0.317. The van der Waals surface area contributed by atoms with Gasteiger partial charge < -0.3 is 9.57 Å². The molecule has 0 aliphatic rings. The molecular weight excluding hydrogens is 440 g/mol. The first kappa shape index (κ1) is 22.2. The molecule has 4 rings (SSSR count). The molecule has 2 aromatic carbocycles. The van der Waals surface area contributed by atoms with Crippen LogP contribution in [-0.4, -0.2) is 27.9 Å². The lowest BCUT2D eigenvalue weighted by molar-refractivity contribution is -0.121. The zero-order chi connectivity index (χ0) is 23.2. The van der Waals surface area contributed by atoms with Crippen LogP contribution in [0.4, 0.5) is 0 Å². The van der Waals surface area contributed by atoms with E-state index in [-0.39, 0.29) is 19.0 Å². The molecule has 33 heavy (non-hydrogen) atoms. The summed E-state index contributed by atoms with van der Waals surface area (Å²) in [6.07, 6.45) is 0. The highest BCUT2D eigenvalue weighted by molar-refractivity contribution is 7.12. The standard InChI is InChI=1S/C24H22N4O4S/c1-16-8-3-6-11-20(16)31-14-22-25-19-10-5-4-9-18(19)24(30)28(22)26-23(29)15-32-27-17(2)21-12-7-13-33-21/h3-13H,14-15H2,1-2H3,(H,26,29)/b27-17-. The lowest BCUT2D eigenvalue weighted by Gasteiger charge is -2.15. The number of ether oxygens (including phenoxy) is 1. The van der Waals surface area contributed by atoms with E-state index in [1.54, 1.807) is 31.2 Å². The van der Waals surface area contributed by atoms with Gasteiger partial charge in [-0.05, 0) is 49.1 Å². The average molecular weight is 463 g/mol. The van der Waals surface area contributed by atoms with Crippen LogP contribution in [0.5, 0.6) is 5.75 Å². The van der Waals surface area contributed by atoms with Crippen molar-refractivity contribution >= 4 is 33.9 Å². The Balaban J connectivity index is 1.54. The summed E-state index contributed by atoms with van der Waals surface area (Å²) in [5, 5.41) is 6.28. The van der Waals surface area contributed by atoms with E-state index in [0.29, 0.717) is 22.4 Å². The van der Waals surface area contributed by atoms with E-state index in [1.165, 1.54) is 11.3 Å². The normalized spacial score (nSPS) is 11.4. The molecule has 1 amide bonds. The van der Waals surface area contributed by atoms with Crippen molar-refractivity contribution in [2.45, 2.75) is 20.5 Å². The minimum absolute atomic E-state index is 0.0122. The molecule has 0 aliphatic carbocycles. The number of carbonyl (C=O) groups excluding carboxylic acids is 1. The van der Waals surface area contributed by atoms with Gasteiger partial charge in [-0.3, -0.25) is 15.0 Å². The third-order valence-electron chi connectivity index (χ3n) is 4.81. The van der Waals surface area contributed by atoms with Crippen LogP contribution in [-0.2, 0) is 16.2 Å². The topological polar surface area (TPSA) is 94.8 Å². The summed E-state index contributed by atoms with van der Waals surface area (Å²) in [5.74, 6) is 0.377. The number of nitrogens with zero attached hydrogens (tertiary/aromatic N) is 3. The molecule has 0 unspecified atom stereocenters. The number of carbonyl (C=O) groups is 1. The fourth-order valence-electron chi connectivity index (χ4n) is 3.13. The summed E-state index contributed by atoms with van der Waals surface area (Å²) in [5.41, 5.74) is 4.28. The van der Waals surface area contributed by atoms with Crippen molar-refractivity contribution in [2.75, 3.05) is 12.0 Å². The van der Waals surface area contributed by atoms with E-state index < -0.39 is 11.5 Å².